The Bertz CT molecular complexity index is 1100. The molecule has 1 saturated heterocycles. The number of nitrogens with zero attached hydrogens (tertiary/aromatic N) is 2. The third-order valence-corrected chi connectivity index (χ3v) is 6.88. The second-order valence-electron chi connectivity index (χ2n) is 8.18. The van der Waals surface area contributed by atoms with E-state index in [9.17, 15) is 8.42 Å². The van der Waals surface area contributed by atoms with Crippen molar-refractivity contribution in [3.8, 4) is 5.88 Å². The minimum absolute atomic E-state index is 0.00909. The van der Waals surface area contributed by atoms with Gasteiger partial charge in [0.2, 0.25) is 15.9 Å². The van der Waals surface area contributed by atoms with Gasteiger partial charge >= 0.3 is 0 Å². The maximum absolute atomic E-state index is 12.8. The SMILES string of the molecule is CC(C)(C)c1ccc(S(=O)(=O)N2CC(Oc3ccc4ccccc4n3)C2)cc1. The number of fused-ring (bicyclic) bond motifs is 1. The highest BCUT2D eigenvalue weighted by Crippen LogP contribution is 2.28. The van der Waals surface area contributed by atoms with Crippen molar-refractivity contribution in [2.75, 3.05) is 13.1 Å². The van der Waals surface area contributed by atoms with Crippen LogP contribution >= 0.6 is 0 Å². The zero-order valence-corrected chi connectivity index (χ0v) is 17.1. The fraction of sp³-hybridized carbons (Fsp3) is 0.318. The monoisotopic (exact) mass is 396 g/mol. The van der Waals surface area contributed by atoms with Crippen LogP contribution in [0.15, 0.2) is 65.6 Å². The van der Waals surface area contributed by atoms with E-state index in [0.29, 0.717) is 23.9 Å². The van der Waals surface area contributed by atoms with Gasteiger partial charge in [-0.3, -0.25) is 0 Å². The first-order valence-corrected chi connectivity index (χ1v) is 10.8. The summed E-state index contributed by atoms with van der Waals surface area (Å²) in [6.07, 6.45) is -0.183. The van der Waals surface area contributed by atoms with Crippen LogP contribution < -0.4 is 4.74 Å². The van der Waals surface area contributed by atoms with Crippen molar-refractivity contribution in [1.82, 2.24) is 9.29 Å². The normalized spacial score (nSPS) is 16.1. The van der Waals surface area contributed by atoms with Crippen molar-refractivity contribution in [2.24, 2.45) is 0 Å². The molecule has 1 aromatic heterocycles. The van der Waals surface area contributed by atoms with Crippen molar-refractivity contribution < 1.29 is 13.2 Å². The summed E-state index contributed by atoms with van der Waals surface area (Å²) in [5.41, 5.74) is 1.96. The van der Waals surface area contributed by atoms with Crippen LogP contribution in [0.3, 0.4) is 0 Å². The molecule has 1 fully saturated rings. The minimum Gasteiger partial charge on any atom is -0.472 e. The molecule has 3 aromatic rings. The Morgan fingerprint density at radius 3 is 2.32 bits per heavy atom. The Morgan fingerprint density at radius 2 is 1.64 bits per heavy atom. The van der Waals surface area contributed by atoms with E-state index < -0.39 is 10.0 Å². The van der Waals surface area contributed by atoms with Gasteiger partial charge < -0.3 is 4.74 Å². The van der Waals surface area contributed by atoms with E-state index in [1.807, 2.05) is 48.5 Å². The average Bonchev–Trinajstić information content (AvgIpc) is 2.63. The Morgan fingerprint density at radius 1 is 0.964 bits per heavy atom. The molecular weight excluding hydrogens is 372 g/mol. The van der Waals surface area contributed by atoms with Crippen LogP contribution in [-0.2, 0) is 15.4 Å². The fourth-order valence-electron chi connectivity index (χ4n) is 3.23. The van der Waals surface area contributed by atoms with Gasteiger partial charge in [0, 0.05) is 11.5 Å². The van der Waals surface area contributed by atoms with Gasteiger partial charge in [-0.2, -0.15) is 4.31 Å². The highest BCUT2D eigenvalue weighted by molar-refractivity contribution is 7.89. The van der Waals surface area contributed by atoms with Crippen LogP contribution in [0.2, 0.25) is 0 Å². The Hall–Kier alpha value is -2.44. The molecule has 0 atom stereocenters. The predicted octanol–water partition coefficient (Wildman–Crippen LogP) is 3.98. The second-order valence-corrected chi connectivity index (χ2v) is 10.1. The van der Waals surface area contributed by atoms with Crippen LogP contribution in [0.4, 0.5) is 0 Å². The second kappa shape index (κ2) is 6.87. The van der Waals surface area contributed by atoms with Gasteiger partial charge in [-0.25, -0.2) is 13.4 Å². The maximum Gasteiger partial charge on any atom is 0.243 e. The lowest BCUT2D eigenvalue weighted by molar-refractivity contribution is 0.0724. The molecule has 0 radical (unpaired) electrons. The van der Waals surface area contributed by atoms with Crippen LogP contribution in [0.25, 0.3) is 10.9 Å². The van der Waals surface area contributed by atoms with Gasteiger partial charge in [0.05, 0.1) is 23.5 Å². The molecule has 2 aromatic carbocycles. The van der Waals surface area contributed by atoms with Gasteiger partial charge in [0.25, 0.3) is 0 Å². The summed E-state index contributed by atoms with van der Waals surface area (Å²) in [6.45, 7) is 6.98. The van der Waals surface area contributed by atoms with Crippen LogP contribution in [0, 0.1) is 0 Å². The third kappa shape index (κ3) is 3.62. The molecule has 0 N–H and O–H groups in total. The van der Waals surface area contributed by atoms with E-state index in [0.717, 1.165) is 16.5 Å². The summed E-state index contributed by atoms with van der Waals surface area (Å²) in [7, 11) is -3.49. The van der Waals surface area contributed by atoms with Gasteiger partial charge in [0.15, 0.2) is 0 Å². The number of benzene rings is 2. The predicted molar refractivity (Wildman–Crippen MR) is 110 cm³/mol. The number of hydrogen-bond acceptors (Lipinski definition) is 4. The topological polar surface area (TPSA) is 59.5 Å². The lowest BCUT2D eigenvalue weighted by Crippen LogP contribution is -2.56. The Balaban J connectivity index is 1.42. The summed E-state index contributed by atoms with van der Waals surface area (Å²) >= 11 is 0. The number of aromatic nitrogens is 1. The van der Waals surface area contributed by atoms with Crippen molar-refractivity contribution in [1.29, 1.82) is 0 Å². The molecule has 4 rings (SSSR count). The molecule has 2 heterocycles. The lowest BCUT2D eigenvalue weighted by atomic mass is 9.87. The van der Waals surface area contributed by atoms with Crippen molar-refractivity contribution in [2.45, 2.75) is 37.2 Å². The van der Waals surface area contributed by atoms with Gasteiger partial charge in [0.1, 0.15) is 6.10 Å². The number of pyridine rings is 1. The molecule has 1 aliphatic rings. The standard InChI is InChI=1S/C22H24N2O3S/c1-22(2,3)17-9-11-19(12-10-17)28(25,26)24-14-18(15-24)27-21-13-8-16-6-4-5-7-20(16)23-21/h4-13,18H,14-15H2,1-3H3. The Labute approximate surface area is 166 Å². The van der Waals surface area contributed by atoms with Gasteiger partial charge in [-0.15, -0.1) is 0 Å². The summed E-state index contributed by atoms with van der Waals surface area (Å²) in [5, 5.41) is 1.05. The average molecular weight is 397 g/mol. The molecule has 0 saturated carbocycles. The van der Waals surface area contributed by atoms with E-state index in [1.54, 1.807) is 12.1 Å². The number of rotatable bonds is 4. The number of ether oxygens (including phenoxy) is 1. The smallest absolute Gasteiger partial charge is 0.243 e. The van der Waals surface area contributed by atoms with E-state index >= 15 is 0 Å². The summed E-state index contributed by atoms with van der Waals surface area (Å²) < 4.78 is 32.9. The fourth-order valence-corrected chi connectivity index (χ4v) is 4.73. The van der Waals surface area contributed by atoms with E-state index in [1.165, 1.54) is 4.31 Å². The summed E-state index contributed by atoms with van der Waals surface area (Å²) in [5.74, 6) is 0.523. The van der Waals surface area contributed by atoms with Crippen LogP contribution in [0.1, 0.15) is 26.3 Å². The first-order chi connectivity index (χ1) is 13.2. The van der Waals surface area contributed by atoms with E-state index in [-0.39, 0.29) is 11.5 Å². The van der Waals surface area contributed by atoms with Gasteiger partial charge in [-0.1, -0.05) is 51.1 Å². The molecule has 146 valence electrons. The molecule has 5 nitrogen and oxygen atoms in total. The lowest BCUT2D eigenvalue weighted by Gasteiger charge is -2.37. The highest BCUT2D eigenvalue weighted by atomic mass is 32.2. The maximum atomic E-state index is 12.8. The number of hydrogen-bond donors (Lipinski definition) is 0. The highest BCUT2D eigenvalue weighted by Gasteiger charge is 2.38. The van der Waals surface area contributed by atoms with Crippen LogP contribution in [0.5, 0.6) is 5.88 Å². The molecular formula is C22H24N2O3S. The first-order valence-electron chi connectivity index (χ1n) is 9.37. The molecule has 0 unspecified atom stereocenters. The molecule has 1 aliphatic heterocycles. The zero-order valence-electron chi connectivity index (χ0n) is 16.3. The zero-order chi connectivity index (χ0) is 19.9. The summed E-state index contributed by atoms with van der Waals surface area (Å²) in [4.78, 5) is 4.81. The Kier molecular flexibility index (Phi) is 4.63. The van der Waals surface area contributed by atoms with Crippen molar-refractivity contribution in [3.05, 3.63) is 66.2 Å². The third-order valence-electron chi connectivity index (χ3n) is 5.03. The minimum atomic E-state index is -3.49. The molecule has 28 heavy (non-hydrogen) atoms. The largest absolute Gasteiger partial charge is 0.472 e. The molecule has 6 heteroatoms. The quantitative estimate of drug-likeness (QED) is 0.669. The van der Waals surface area contributed by atoms with E-state index in [4.69, 9.17) is 4.74 Å². The molecule has 0 amide bonds. The molecule has 0 bridgehead atoms. The summed E-state index contributed by atoms with van der Waals surface area (Å²) in [6, 6.07) is 18.8. The van der Waals surface area contributed by atoms with Crippen molar-refractivity contribution >= 4 is 20.9 Å². The van der Waals surface area contributed by atoms with E-state index in [2.05, 4.69) is 25.8 Å². The first kappa shape index (κ1) is 18.9. The number of para-hydroxylation sites is 1. The number of sulfonamides is 1. The van der Waals surface area contributed by atoms with Crippen molar-refractivity contribution in [3.63, 3.8) is 0 Å². The van der Waals surface area contributed by atoms with Gasteiger partial charge in [-0.05, 0) is 35.2 Å². The molecule has 0 spiro atoms. The van der Waals surface area contributed by atoms with Crippen LogP contribution in [-0.4, -0.2) is 36.9 Å². The molecule has 0 aliphatic carbocycles.